The molecule has 14 heavy (non-hydrogen) atoms. The molecule has 3 heteroatoms. The van der Waals surface area contributed by atoms with Gasteiger partial charge in [-0.25, -0.2) is 0 Å². The molecule has 0 aromatic heterocycles. The molecule has 0 aliphatic carbocycles. The van der Waals surface area contributed by atoms with Crippen molar-refractivity contribution in [3.8, 4) is 0 Å². The molecule has 1 aliphatic heterocycles. The van der Waals surface area contributed by atoms with Crippen LogP contribution in [-0.2, 0) is 4.74 Å². The topological polar surface area (TPSA) is 24.5 Å². The highest BCUT2D eigenvalue weighted by Crippen LogP contribution is 2.00. The summed E-state index contributed by atoms with van der Waals surface area (Å²) in [4.78, 5) is 2.48. The van der Waals surface area contributed by atoms with Gasteiger partial charge in [-0.2, -0.15) is 0 Å². The first-order valence-electron chi connectivity index (χ1n) is 5.63. The van der Waals surface area contributed by atoms with Gasteiger partial charge in [0.15, 0.2) is 0 Å². The van der Waals surface area contributed by atoms with Crippen LogP contribution in [0.3, 0.4) is 0 Å². The molecule has 1 heterocycles. The van der Waals surface area contributed by atoms with Crippen molar-refractivity contribution in [1.29, 1.82) is 0 Å². The Morgan fingerprint density at radius 1 is 1.21 bits per heavy atom. The van der Waals surface area contributed by atoms with Crippen molar-refractivity contribution in [3.63, 3.8) is 0 Å². The summed E-state index contributed by atoms with van der Waals surface area (Å²) in [6.45, 7) is 13.0. The maximum absolute atomic E-state index is 5.30. The molecule has 0 aromatic rings. The number of nitrogens with one attached hydrogen (secondary N) is 1. The fourth-order valence-corrected chi connectivity index (χ4v) is 1.59. The van der Waals surface area contributed by atoms with Crippen LogP contribution in [0.2, 0.25) is 0 Å². The van der Waals surface area contributed by atoms with Crippen LogP contribution in [0.5, 0.6) is 0 Å². The van der Waals surface area contributed by atoms with Crippen LogP contribution in [0.15, 0.2) is 0 Å². The van der Waals surface area contributed by atoms with Crippen molar-refractivity contribution < 1.29 is 4.74 Å². The average Bonchev–Trinajstić information content (AvgIpc) is 2.13. The fraction of sp³-hybridized carbons (Fsp3) is 1.00. The summed E-state index contributed by atoms with van der Waals surface area (Å²) in [7, 11) is 0. The number of hydrogen-bond acceptors (Lipinski definition) is 3. The van der Waals surface area contributed by atoms with E-state index in [4.69, 9.17) is 4.74 Å². The van der Waals surface area contributed by atoms with Crippen molar-refractivity contribution in [1.82, 2.24) is 10.2 Å². The monoisotopic (exact) mass is 200 g/mol. The van der Waals surface area contributed by atoms with Gasteiger partial charge in [-0.15, -0.1) is 0 Å². The lowest BCUT2D eigenvalue weighted by atomic mass is 10.1. The Balaban J connectivity index is 1.97. The zero-order chi connectivity index (χ0) is 10.4. The van der Waals surface area contributed by atoms with E-state index in [0.29, 0.717) is 0 Å². The van der Waals surface area contributed by atoms with Crippen LogP contribution in [0.4, 0.5) is 0 Å². The van der Waals surface area contributed by atoms with Crippen LogP contribution in [0.1, 0.15) is 27.2 Å². The zero-order valence-corrected chi connectivity index (χ0v) is 9.81. The molecule has 0 spiro atoms. The highest BCUT2D eigenvalue weighted by molar-refractivity contribution is 4.70. The van der Waals surface area contributed by atoms with Gasteiger partial charge in [0.05, 0.1) is 13.2 Å². The Hall–Kier alpha value is -0.120. The van der Waals surface area contributed by atoms with Crippen LogP contribution in [-0.4, -0.2) is 49.8 Å². The van der Waals surface area contributed by atoms with E-state index in [9.17, 15) is 0 Å². The summed E-state index contributed by atoms with van der Waals surface area (Å²) in [5, 5.41) is 3.50. The summed E-state index contributed by atoms with van der Waals surface area (Å²) < 4.78 is 5.30. The first-order chi connectivity index (χ1) is 6.58. The molecule has 0 radical (unpaired) electrons. The molecule has 0 saturated carbocycles. The normalized spacial score (nSPS) is 19.9. The summed E-state index contributed by atoms with van der Waals surface area (Å²) in [6, 6.07) is 0. The highest BCUT2D eigenvalue weighted by atomic mass is 16.5. The molecule has 0 bridgehead atoms. The number of nitrogens with zero attached hydrogens (tertiary/aromatic N) is 1. The summed E-state index contributed by atoms with van der Waals surface area (Å²) >= 11 is 0. The zero-order valence-electron chi connectivity index (χ0n) is 9.81. The number of ether oxygens (including phenoxy) is 1. The summed E-state index contributed by atoms with van der Waals surface area (Å²) in [5.41, 5.74) is 0.255. The van der Waals surface area contributed by atoms with Gasteiger partial charge >= 0.3 is 0 Å². The van der Waals surface area contributed by atoms with Crippen molar-refractivity contribution in [2.45, 2.75) is 32.7 Å². The number of morpholine rings is 1. The van der Waals surface area contributed by atoms with Crippen LogP contribution >= 0.6 is 0 Å². The number of rotatable bonds is 4. The van der Waals surface area contributed by atoms with Gasteiger partial charge in [0.1, 0.15) is 0 Å². The van der Waals surface area contributed by atoms with E-state index in [0.717, 1.165) is 32.8 Å². The lowest BCUT2D eigenvalue weighted by Gasteiger charge is -2.27. The molecule has 1 rings (SSSR count). The van der Waals surface area contributed by atoms with Gasteiger partial charge < -0.3 is 10.1 Å². The third-order valence-corrected chi connectivity index (χ3v) is 2.41. The predicted octanol–water partition coefficient (Wildman–Crippen LogP) is 1.10. The molecular formula is C11H24N2O. The number of hydrogen-bond donors (Lipinski definition) is 1. The standard InChI is InChI=1S/C11H24N2O/c1-11(2,3)12-5-4-6-13-7-9-14-10-8-13/h12H,4-10H2,1-3H3. The minimum atomic E-state index is 0.255. The van der Waals surface area contributed by atoms with E-state index in [2.05, 4.69) is 31.0 Å². The molecule has 1 fully saturated rings. The Morgan fingerprint density at radius 2 is 1.86 bits per heavy atom. The van der Waals surface area contributed by atoms with Crippen molar-refractivity contribution in [2.75, 3.05) is 39.4 Å². The fourth-order valence-electron chi connectivity index (χ4n) is 1.59. The minimum Gasteiger partial charge on any atom is -0.379 e. The van der Waals surface area contributed by atoms with Gasteiger partial charge in [-0.1, -0.05) is 0 Å². The molecule has 1 N–H and O–H groups in total. The second-order valence-corrected chi connectivity index (χ2v) is 4.98. The third-order valence-electron chi connectivity index (χ3n) is 2.41. The maximum atomic E-state index is 5.30. The lowest BCUT2D eigenvalue weighted by molar-refractivity contribution is 0.0373. The van der Waals surface area contributed by atoms with E-state index in [-0.39, 0.29) is 5.54 Å². The van der Waals surface area contributed by atoms with E-state index < -0.39 is 0 Å². The molecule has 0 aromatic carbocycles. The lowest BCUT2D eigenvalue weighted by Crippen LogP contribution is -2.40. The molecule has 0 unspecified atom stereocenters. The summed E-state index contributed by atoms with van der Waals surface area (Å²) in [6.07, 6.45) is 1.23. The second kappa shape index (κ2) is 5.69. The van der Waals surface area contributed by atoms with Crippen molar-refractivity contribution >= 4 is 0 Å². The van der Waals surface area contributed by atoms with E-state index in [1.807, 2.05) is 0 Å². The Labute approximate surface area is 87.8 Å². The SMILES string of the molecule is CC(C)(C)NCCCN1CCOCC1. The van der Waals surface area contributed by atoms with E-state index in [1.165, 1.54) is 13.0 Å². The smallest absolute Gasteiger partial charge is 0.0594 e. The van der Waals surface area contributed by atoms with Gasteiger partial charge in [0, 0.05) is 18.6 Å². The van der Waals surface area contributed by atoms with Crippen LogP contribution in [0, 0.1) is 0 Å². The van der Waals surface area contributed by atoms with E-state index >= 15 is 0 Å². The quantitative estimate of drug-likeness (QED) is 0.688. The summed E-state index contributed by atoms with van der Waals surface area (Å²) in [5.74, 6) is 0. The van der Waals surface area contributed by atoms with Crippen molar-refractivity contribution in [3.05, 3.63) is 0 Å². The predicted molar refractivity (Wildman–Crippen MR) is 59.6 cm³/mol. The highest BCUT2D eigenvalue weighted by Gasteiger charge is 2.11. The van der Waals surface area contributed by atoms with E-state index in [1.54, 1.807) is 0 Å². The largest absolute Gasteiger partial charge is 0.379 e. The van der Waals surface area contributed by atoms with Gasteiger partial charge in [-0.05, 0) is 40.3 Å². The first kappa shape index (κ1) is 12.0. The second-order valence-electron chi connectivity index (χ2n) is 4.98. The molecule has 3 nitrogen and oxygen atoms in total. The van der Waals surface area contributed by atoms with Crippen LogP contribution in [0.25, 0.3) is 0 Å². The Kier molecular flexibility index (Phi) is 4.85. The average molecular weight is 200 g/mol. The van der Waals surface area contributed by atoms with Gasteiger partial charge in [0.25, 0.3) is 0 Å². The minimum absolute atomic E-state index is 0.255. The van der Waals surface area contributed by atoms with Crippen LogP contribution < -0.4 is 5.32 Å². The Morgan fingerprint density at radius 3 is 2.43 bits per heavy atom. The molecule has 1 aliphatic rings. The molecular weight excluding hydrogens is 176 g/mol. The maximum Gasteiger partial charge on any atom is 0.0594 e. The van der Waals surface area contributed by atoms with Gasteiger partial charge in [-0.3, -0.25) is 4.90 Å². The third kappa shape index (κ3) is 5.58. The van der Waals surface area contributed by atoms with Crippen molar-refractivity contribution in [2.24, 2.45) is 0 Å². The Bertz CT molecular complexity index is 148. The molecule has 0 amide bonds. The molecule has 84 valence electrons. The van der Waals surface area contributed by atoms with Gasteiger partial charge in [0.2, 0.25) is 0 Å². The first-order valence-corrected chi connectivity index (χ1v) is 5.63. The molecule has 0 atom stereocenters. The molecule has 1 saturated heterocycles.